The van der Waals surface area contributed by atoms with Crippen LogP contribution in [0.25, 0.3) is 95.0 Å². The summed E-state index contributed by atoms with van der Waals surface area (Å²) in [6.45, 7) is 4.66. The molecule has 4 heteroatoms. The Morgan fingerprint density at radius 2 is 0.879 bits per heavy atom. The molecule has 58 heavy (non-hydrogen) atoms. The van der Waals surface area contributed by atoms with Gasteiger partial charge in [-0.15, -0.1) is 0 Å². The van der Waals surface area contributed by atoms with Crippen molar-refractivity contribution in [2.24, 2.45) is 0 Å². The standard InChI is InChI=1S/C54H38N4/c1-54(2)47-24-14-12-22-41(47)44-33-43(39-30-31-50-45(32-39)42-23-13-15-25-49(42)58(50)40-20-10-5-11-21-40)46(34-48(44)54)53-56-51(37-18-8-4-9-19-37)55-52(57-53)38-28-26-36(27-29-38)35-16-6-3-7-17-35/h3-34H,1-2H3. The molecule has 0 radical (unpaired) electrons. The molecule has 0 amide bonds. The largest absolute Gasteiger partial charge is 0.309 e. The Morgan fingerprint density at radius 1 is 0.345 bits per heavy atom. The molecule has 0 saturated carbocycles. The molecule has 0 N–H and O–H groups in total. The van der Waals surface area contributed by atoms with E-state index in [9.17, 15) is 0 Å². The summed E-state index contributed by atoms with van der Waals surface area (Å²) in [6.07, 6.45) is 0. The third kappa shape index (κ3) is 5.48. The second kappa shape index (κ2) is 13.4. The number of hydrogen-bond donors (Lipinski definition) is 0. The van der Waals surface area contributed by atoms with Crippen molar-refractivity contribution in [1.29, 1.82) is 0 Å². The minimum atomic E-state index is -0.211. The number of aromatic nitrogens is 4. The Labute approximate surface area is 337 Å². The molecule has 0 unspecified atom stereocenters. The second-order valence-electron chi connectivity index (χ2n) is 15.6. The van der Waals surface area contributed by atoms with E-state index in [1.165, 1.54) is 44.1 Å². The maximum atomic E-state index is 5.34. The predicted octanol–water partition coefficient (Wildman–Crippen LogP) is 13.6. The Bertz CT molecular complexity index is 3160. The van der Waals surface area contributed by atoms with Crippen LogP contribution in [0.4, 0.5) is 0 Å². The van der Waals surface area contributed by atoms with Crippen LogP contribution in [0.1, 0.15) is 25.0 Å². The van der Waals surface area contributed by atoms with Gasteiger partial charge in [0, 0.05) is 38.6 Å². The van der Waals surface area contributed by atoms with E-state index in [0.717, 1.165) is 44.6 Å². The highest BCUT2D eigenvalue weighted by molar-refractivity contribution is 6.11. The van der Waals surface area contributed by atoms with Crippen molar-refractivity contribution in [3.8, 4) is 73.2 Å². The third-order valence-corrected chi connectivity index (χ3v) is 11.9. The molecule has 0 aliphatic heterocycles. The predicted molar refractivity (Wildman–Crippen MR) is 239 cm³/mol. The van der Waals surface area contributed by atoms with Crippen molar-refractivity contribution < 1.29 is 0 Å². The zero-order valence-corrected chi connectivity index (χ0v) is 32.3. The van der Waals surface area contributed by atoms with Gasteiger partial charge in [-0.05, 0) is 87.0 Å². The van der Waals surface area contributed by atoms with Gasteiger partial charge in [0.15, 0.2) is 17.5 Å². The highest BCUT2D eigenvalue weighted by Gasteiger charge is 2.36. The summed E-state index contributed by atoms with van der Waals surface area (Å²) in [6, 6.07) is 69.0. The van der Waals surface area contributed by atoms with Crippen molar-refractivity contribution in [1.82, 2.24) is 19.5 Å². The average Bonchev–Trinajstić information content (AvgIpc) is 3.74. The normalized spacial score (nSPS) is 12.8. The van der Waals surface area contributed by atoms with Crippen LogP contribution in [0.2, 0.25) is 0 Å². The lowest BCUT2D eigenvalue weighted by atomic mass is 9.81. The van der Waals surface area contributed by atoms with Crippen molar-refractivity contribution in [2.75, 3.05) is 0 Å². The topological polar surface area (TPSA) is 43.6 Å². The van der Waals surface area contributed by atoms with Crippen LogP contribution in [0, 0.1) is 0 Å². The van der Waals surface area contributed by atoms with E-state index in [1.807, 2.05) is 24.3 Å². The van der Waals surface area contributed by atoms with Gasteiger partial charge in [-0.1, -0.05) is 166 Å². The van der Waals surface area contributed by atoms with E-state index in [4.69, 9.17) is 15.0 Å². The minimum Gasteiger partial charge on any atom is -0.309 e. The SMILES string of the molecule is CC1(C)c2ccccc2-c2cc(-c3ccc4c(c3)c3ccccc3n4-c3ccccc3)c(-c3nc(-c4ccccc4)nc(-c4ccc(-c5ccccc5)cc4)n3)cc21. The smallest absolute Gasteiger partial charge is 0.164 e. The number of para-hydroxylation sites is 2. The van der Waals surface area contributed by atoms with Crippen LogP contribution >= 0.6 is 0 Å². The highest BCUT2D eigenvalue weighted by Crippen LogP contribution is 2.52. The maximum Gasteiger partial charge on any atom is 0.164 e. The van der Waals surface area contributed by atoms with E-state index < -0.39 is 0 Å². The fourth-order valence-electron chi connectivity index (χ4n) is 8.95. The molecular weight excluding hydrogens is 705 g/mol. The first-order chi connectivity index (χ1) is 28.5. The zero-order chi connectivity index (χ0) is 38.8. The zero-order valence-electron chi connectivity index (χ0n) is 32.3. The van der Waals surface area contributed by atoms with Gasteiger partial charge < -0.3 is 4.57 Å². The number of hydrogen-bond acceptors (Lipinski definition) is 3. The number of nitrogens with zero attached hydrogens (tertiary/aromatic N) is 4. The number of benzene rings is 8. The summed E-state index contributed by atoms with van der Waals surface area (Å²) in [5.74, 6) is 1.93. The first-order valence-electron chi connectivity index (χ1n) is 19.9. The van der Waals surface area contributed by atoms with Gasteiger partial charge in [-0.25, -0.2) is 15.0 Å². The molecule has 1 aliphatic carbocycles. The van der Waals surface area contributed by atoms with Crippen LogP contribution in [0.15, 0.2) is 194 Å². The van der Waals surface area contributed by atoms with Crippen LogP contribution in [-0.2, 0) is 5.41 Å². The fourth-order valence-corrected chi connectivity index (χ4v) is 8.95. The fraction of sp³-hybridized carbons (Fsp3) is 0.0556. The van der Waals surface area contributed by atoms with E-state index in [1.54, 1.807) is 0 Å². The van der Waals surface area contributed by atoms with Crippen LogP contribution in [-0.4, -0.2) is 19.5 Å². The van der Waals surface area contributed by atoms with Crippen molar-refractivity contribution in [2.45, 2.75) is 19.3 Å². The molecule has 0 bridgehead atoms. The molecular formula is C54H38N4. The molecule has 0 saturated heterocycles. The molecule has 8 aromatic carbocycles. The Kier molecular flexibility index (Phi) is 7.80. The summed E-state index contributed by atoms with van der Waals surface area (Å²) in [7, 11) is 0. The summed E-state index contributed by atoms with van der Waals surface area (Å²) >= 11 is 0. The molecule has 2 heterocycles. The Morgan fingerprint density at radius 3 is 1.62 bits per heavy atom. The van der Waals surface area contributed by atoms with E-state index >= 15 is 0 Å². The highest BCUT2D eigenvalue weighted by atomic mass is 15.0. The van der Waals surface area contributed by atoms with Crippen molar-refractivity contribution >= 4 is 21.8 Å². The van der Waals surface area contributed by atoms with Gasteiger partial charge in [0.2, 0.25) is 0 Å². The van der Waals surface area contributed by atoms with Gasteiger partial charge >= 0.3 is 0 Å². The molecule has 0 atom stereocenters. The molecule has 274 valence electrons. The van der Waals surface area contributed by atoms with Gasteiger partial charge in [0.05, 0.1) is 11.0 Å². The maximum absolute atomic E-state index is 5.34. The molecule has 4 nitrogen and oxygen atoms in total. The first-order valence-corrected chi connectivity index (χ1v) is 19.9. The first kappa shape index (κ1) is 33.9. The van der Waals surface area contributed by atoms with Crippen LogP contribution in [0.5, 0.6) is 0 Å². The second-order valence-corrected chi connectivity index (χ2v) is 15.6. The van der Waals surface area contributed by atoms with Gasteiger partial charge in [-0.2, -0.15) is 0 Å². The van der Waals surface area contributed by atoms with Crippen molar-refractivity contribution in [3.05, 3.63) is 205 Å². The summed E-state index contributed by atoms with van der Waals surface area (Å²) < 4.78 is 2.37. The molecule has 1 aliphatic rings. The molecule has 10 aromatic rings. The molecule has 11 rings (SSSR count). The molecule has 2 aromatic heterocycles. The lowest BCUT2D eigenvalue weighted by molar-refractivity contribution is 0.660. The van der Waals surface area contributed by atoms with E-state index in [2.05, 4.69) is 188 Å². The monoisotopic (exact) mass is 742 g/mol. The lowest BCUT2D eigenvalue weighted by Gasteiger charge is -2.23. The van der Waals surface area contributed by atoms with Gasteiger partial charge in [0.25, 0.3) is 0 Å². The Balaban J connectivity index is 1.16. The summed E-state index contributed by atoms with van der Waals surface area (Å²) in [5.41, 5.74) is 15.8. The molecule has 0 fully saturated rings. The van der Waals surface area contributed by atoms with Crippen LogP contribution < -0.4 is 0 Å². The molecule has 0 spiro atoms. The summed E-state index contributed by atoms with van der Waals surface area (Å²) in [5, 5.41) is 2.41. The summed E-state index contributed by atoms with van der Waals surface area (Å²) in [4.78, 5) is 15.8. The van der Waals surface area contributed by atoms with E-state index in [-0.39, 0.29) is 5.41 Å². The van der Waals surface area contributed by atoms with E-state index in [0.29, 0.717) is 17.5 Å². The average molecular weight is 743 g/mol. The quantitative estimate of drug-likeness (QED) is 0.170. The lowest BCUT2D eigenvalue weighted by Crippen LogP contribution is -2.15. The third-order valence-electron chi connectivity index (χ3n) is 11.9. The Hall–Kier alpha value is -7.43. The number of rotatable bonds is 6. The van der Waals surface area contributed by atoms with Gasteiger partial charge in [-0.3, -0.25) is 0 Å². The van der Waals surface area contributed by atoms with Gasteiger partial charge in [0.1, 0.15) is 0 Å². The van der Waals surface area contributed by atoms with Crippen molar-refractivity contribution in [3.63, 3.8) is 0 Å². The minimum absolute atomic E-state index is 0.211. The van der Waals surface area contributed by atoms with Crippen LogP contribution in [0.3, 0.4) is 0 Å². The number of fused-ring (bicyclic) bond motifs is 6.